The molecule has 14 heavy (non-hydrogen) atoms. The van der Waals surface area contributed by atoms with E-state index in [2.05, 4.69) is 5.32 Å². The molecule has 1 saturated carbocycles. The molecule has 3 nitrogen and oxygen atoms in total. The number of ether oxygens (including phenoxy) is 1. The van der Waals surface area contributed by atoms with E-state index in [4.69, 9.17) is 4.74 Å². The Hall–Kier alpha value is -1.51. The fourth-order valence-corrected chi connectivity index (χ4v) is 1.81. The van der Waals surface area contributed by atoms with E-state index in [0.29, 0.717) is 0 Å². The molecule has 1 heterocycles. The van der Waals surface area contributed by atoms with Crippen molar-refractivity contribution in [3.05, 3.63) is 23.8 Å². The van der Waals surface area contributed by atoms with E-state index >= 15 is 0 Å². The maximum Gasteiger partial charge on any atom is 0.268 e. The monoisotopic (exact) mass is 189 g/mol. The van der Waals surface area contributed by atoms with Gasteiger partial charge < -0.3 is 10.1 Å². The summed E-state index contributed by atoms with van der Waals surface area (Å²) in [7, 11) is 0. The molecule has 3 heteroatoms. The lowest BCUT2D eigenvalue weighted by Crippen LogP contribution is -2.39. The molecule has 3 rings (SSSR count). The van der Waals surface area contributed by atoms with Crippen molar-refractivity contribution < 1.29 is 9.53 Å². The molecule has 72 valence electrons. The fraction of sp³-hybridized carbons (Fsp3) is 0.364. The third kappa shape index (κ3) is 0.895. The maximum atomic E-state index is 11.7. The SMILES string of the molecule is Cc1cccc2c1NC(=O)C1(CC1)O2. The van der Waals surface area contributed by atoms with Crippen molar-refractivity contribution in [3.8, 4) is 5.75 Å². The molecule has 1 amide bonds. The summed E-state index contributed by atoms with van der Waals surface area (Å²) in [5.41, 5.74) is 1.35. The second-order valence-electron chi connectivity index (χ2n) is 4.00. The Labute approximate surface area is 82.1 Å². The summed E-state index contributed by atoms with van der Waals surface area (Å²) in [5.74, 6) is 0.821. The van der Waals surface area contributed by atoms with Crippen LogP contribution in [0.3, 0.4) is 0 Å². The average molecular weight is 189 g/mol. The van der Waals surface area contributed by atoms with Crippen LogP contribution in [0.15, 0.2) is 18.2 Å². The number of fused-ring (bicyclic) bond motifs is 1. The Morgan fingerprint density at radius 3 is 2.93 bits per heavy atom. The normalized spacial score (nSPS) is 21.1. The van der Waals surface area contributed by atoms with Gasteiger partial charge >= 0.3 is 0 Å². The zero-order valence-electron chi connectivity index (χ0n) is 7.96. The molecule has 0 atom stereocenters. The molecule has 1 fully saturated rings. The van der Waals surface area contributed by atoms with Crippen LogP contribution in [-0.4, -0.2) is 11.5 Å². The summed E-state index contributed by atoms with van der Waals surface area (Å²) in [5, 5.41) is 2.92. The van der Waals surface area contributed by atoms with E-state index < -0.39 is 5.60 Å². The van der Waals surface area contributed by atoms with Gasteiger partial charge in [-0.1, -0.05) is 12.1 Å². The van der Waals surface area contributed by atoms with Crippen molar-refractivity contribution in [3.63, 3.8) is 0 Å². The van der Waals surface area contributed by atoms with Gasteiger partial charge in [-0.05, 0) is 18.6 Å². The van der Waals surface area contributed by atoms with Gasteiger partial charge in [0.05, 0.1) is 5.69 Å². The van der Waals surface area contributed by atoms with Crippen molar-refractivity contribution in [2.24, 2.45) is 0 Å². The molecule has 1 aliphatic carbocycles. The standard InChI is InChI=1S/C11H11NO2/c1-7-3-2-4-8-9(7)12-10(13)11(14-8)5-6-11/h2-4H,5-6H2,1H3,(H,12,13). The lowest BCUT2D eigenvalue weighted by molar-refractivity contribution is -0.125. The number of anilines is 1. The number of aryl methyl sites for hydroxylation is 1. The molecule has 0 aromatic heterocycles. The van der Waals surface area contributed by atoms with Crippen LogP contribution in [-0.2, 0) is 4.79 Å². The highest BCUT2D eigenvalue weighted by molar-refractivity contribution is 6.03. The quantitative estimate of drug-likeness (QED) is 0.676. The molecule has 0 bridgehead atoms. The molecule has 0 unspecified atom stereocenters. The summed E-state index contributed by atoms with van der Waals surface area (Å²) in [4.78, 5) is 11.7. The van der Waals surface area contributed by atoms with Crippen LogP contribution in [0.1, 0.15) is 18.4 Å². The smallest absolute Gasteiger partial charge is 0.268 e. The van der Waals surface area contributed by atoms with Crippen LogP contribution in [0, 0.1) is 6.92 Å². The average Bonchev–Trinajstić information content (AvgIpc) is 2.91. The number of hydrogen-bond donors (Lipinski definition) is 1. The van der Waals surface area contributed by atoms with Gasteiger partial charge in [0.15, 0.2) is 5.60 Å². The first-order chi connectivity index (χ1) is 6.71. The van der Waals surface area contributed by atoms with Gasteiger partial charge in [0, 0.05) is 12.8 Å². The lowest BCUT2D eigenvalue weighted by Gasteiger charge is -2.26. The lowest BCUT2D eigenvalue weighted by atomic mass is 10.1. The van der Waals surface area contributed by atoms with E-state index in [-0.39, 0.29) is 5.91 Å². The zero-order valence-corrected chi connectivity index (χ0v) is 7.96. The van der Waals surface area contributed by atoms with E-state index in [0.717, 1.165) is 29.8 Å². The number of hydrogen-bond acceptors (Lipinski definition) is 2. The number of rotatable bonds is 0. The third-order valence-electron chi connectivity index (χ3n) is 2.90. The van der Waals surface area contributed by atoms with Crippen LogP contribution in [0.4, 0.5) is 5.69 Å². The van der Waals surface area contributed by atoms with Gasteiger partial charge in [0.2, 0.25) is 0 Å². The van der Waals surface area contributed by atoms with Crippen LogP contribution in [0.2, 0.25) is 0 Å². The minimum atomic E-state index is -0.527. The molecule has 0 radical (unpaired) electrons. The summed E-state index contributed by atoms with van der Waals surface area (Å²) >= 11 is 0. The Kier molecular flexibility index (Phi) is 1.29. The highest BCUT2D eigenvalue weighted by atomic mass is 16.5. The molecular weight excluding hydrogens is 178 g/mol. The Morgan fingerprint density at radius 1 is 1.43 bits per heavy atom. The first-order valence-electron chi connectivity index (χ1n) is 4.81. The number of nitrogens with one attached hydrogen (secondary N) is 1. The van der Waals surface area contributed by atoms with Gasteiger partial charge in [-0.3, -0.25) is 4.79 Å². The largest absolute Gasteiger partial charge is 0.475 e. The minimum absolute atomic E-state index is 0.0132. The maximum absolute atomic E-state index is 11.7. The fourth-order valence-electron chi connectivity index (χ4n) is 1.81. The van der Waals surface area contributed by atoms with Crippen molar-refractivity contribution in [2.45, 2.75) is 25.4 Å². The van der Waals surface area contributed by atoms with Gasteiger partial charge in [0.25, 0.3) is 5.91 Å². The van der Waals surface area contributed by atoms with Crippen LogP contribution in [0.25, 0.3) is 0 Å². The van der Waals surface area contributed by atoms with Crippen LogP contribution < -0.4 is 10.1 Å². The van der Waals surface area contributed by atoms with Gasteiger partial charge in [-0.25, -0.2) is 0 Å². The Balaban J connectivity index is 2.11. The number of para-hydroxylation sites is 1. The highest BCUT2D eigenvalue weighted by Gasteiger charge is 2.55. The molecule has 1 aromatic carbocycles. The summed E-state index contributed by atoms with van der Waals surface area (Å²) in [6, 6.07) is 5.82. The van der Waals surface area contributed by atoms with E-state index in [1.54, 1.807) is 0 Å². The van der Waals surface area contributed by atoms with E-state index in [1.807, 2.05) is 25.1 Å². The minimum Gasteiger partial charge on any atom is -0.475 e. The van der Waals surface area contributed by atoms with Crippen molar-refractivity contribution in [1.29, 1.82) is 0 Å². The van der Waals surface area contributed by atoms with Crippen molar-refractivity contribution in [2.75, 3.05) is 5.32 Å². The predicted molar refractivity (Wildman–Crippen MR) is 52.4 cm³/mol. The number of carbonyl (C=O) groups is 1. The van der Waals surface area contributed by atoms with E-state index in [1.165, 1.54) is 0 Å². The van der Waals surface area contributed by atoms with Gasteiger partial charge in [-0.2, -0.15) is 0 Å². The molecule has 1 aliphatic heterocycles. The topological polar surface area (TPSA) is 38.3 Å². The first kappa shape index (κ1) is 7.85. The molecule has 0 saturated heterocycles. The second kappa shape index (κ2) is 2.29. The molecule has 1 aromatic rings. The van der Waals surface area contributed by atoms with E-state index in [9.17, 15) is 4.79 Å². The Morgan fingerprint density at radius 2 is 2.21 bits per heavy atom. The van der Waals surface area contributed by atoms with Crippen LogP contribution in [0.5, 0.6) is 5.75 Å². The summed E-state index contributed by atoms with van der Waals surface area (Å²) in [6.07, 6.45) is 1.68. The first-order valence-corrected chi connectivity index (χ1v) is 4.81. The summed E-state index contributed by atoms with van der Waals surface area (Å²) in [6.45, 7) is 1.97. The summed E-state index contributed by atoms with van der Waals surface area (Å²) < 4.78 is 5.71. The van der Waals surface area contributed by atoms with Crippen molar-refractivity contribution >= 4 is 11.6 Å². The number of amides is 1. The third-order valence-corrected chi connectivity index (χ3v) is 2.90. The van der Waals surface area contributed by atoms with Crippen molar-refractivity contribution in [1.82, 2.24) is 0 Å². The second-order valence-corrected chi connectivity index (χ2v) is 4.00. The predicted octanol–water partition coefficient (Wildman–Crippen LogP) is 1.86. The molecular formula is C11H11NO2. The Bertz CT molecular complexity index is 421. The molecule has 1 spiro atoms. The number of benzene rings is 1. The molecule has 1 N–H and O–H groups in total. The molecule has 2 aliphatic rings. The highest BCUT2D eigenvalue weighted by Crippen LogP contribution is 2.47. The zero-order chi connectivity index (χ0) is 9.76. The van der Waals surface area contributed by atoms with Gasteiger partial charge in [0.1, 0.15) is 5.75 Å². The number of carbonyl (C=O) groups excluding carboxylic acids is 1. The van der Waals surface area contributed by atoms with Crippen LogP contribution >= 0.6 is 0 Å². The van der Waals surface area contributed by atoms with Gasteiger partial charge in [-0.15, -0.1) is 0 Å².